The number of nitrogens with zero attached hydrogens (tertiary/aromatic N) is 5. The first-order valence-electron chi connectivity index (χ1n) is 10.2. The molecule has 0 saturated carbocycles. The minimum absolute atomic E-state index is 0.177. The number of hydrogen-bond donors (Lipinski definition) is 0. The van der Waals surface area contributed by atoms with Gasteiger partial charge in [0, 0.05) is 23.5 Å². The van der Waals surface area contributed by atoms with E-state index in [1.165, 1.54) is 0 Å². The molecule has 160 valence electrons. The summed E-state index contributed by atoms with van der Waals surface area (Å²) in [6, 6.07) is 15.4. The van der Waals surface area contributed by atoms with Crippen molar-refractivity contribution in [3.63, 3.8) is 0 Å². The van der Waals surface area contributed by atoms with E-state index >= 15 is 0 Å². The number of rotatable bonds is 5. The summed E-state index contributed by atoms with van der Waals surface area (Å²) in [7, 11) is 1.60. The van der Waals surface area contributed by atoms with Crippen molar-refractivity contribution in [1.82, 2.24) is 24.3 Å². The lowest BCUT2D eigenvalue weighted by Gasteiger charge is -2.03. The average Bonchev–Trinajstić information content (AvgIpc) is 3.45. The maximum absolute atomic E-state index is 13.1. The molecule has 0 aliphatic rings. The summed E-state index contributed by atoms with van der Waals surface area (Å²) in [5, 5.41) is 8.63. The lowest BCUT2D eigenvalue weighted by molar-refractivity contribution is 0.411. The number of hydrogen-bond acceptors (Lipinski definition) is 6. The standard InChI is InChI=1S/C24H21N5O3/c1-15-7-8-16(2)19(11-15)20-13-21-24(30)28(9-10-29(21)26-20)14-22-25-23(32-27-22)17-5-4-6-18(12-17)31-3/h4-13H,14H2,1-3H3. The molecule has 0 unspecified atom stereocenters. The molecule has 32 heavy (non-hydrogen) atoms. The summed E-state index contributed by atoms with van der Waals surface area (Å²) in [6.45, 7) is 4.26. The summed E-state index contributed by atoms with van der Waals surface area (Å²) in [5.74, 6) is 1.47. The number of fused-ring (bicyclic) bond motifs is 1. The minimum atomic E-state index is -0.177. The maximum Gasteiger partial charge on any atom is 0.277 e. The molecule has 3 aromatic heterocycles. The van der Waals surface area contributed by atoms with E-state index < -0.39 is 0 Å². The van der Waals surface area contributed by atoms with Crippen LogP contribution in [-0.4, -0.2) is 31.4 Å². The summed E-state index contributed by atoms with van der Waals surface area (Å²) in [4.78, 5) is 17.5. The number of benzene rings is 2. The molecule has 0 radical (unpaired) electrons. The number of ether oxygens (including phenoxy) is 1. The van der Waals surface area contributed by atoms with E-state index in [0.29, 0.717) is 23.0 Å². The molecule has 0 N–H and O–H groups in total. The van der Waals surface area contributed by atoms with Gasteiger partial charge in [-0.2, -0.15) is 10.1 Å². The van der Waals surface area contributed by atoms with Crippen LogP contribution in [0.15, 0.2) is 70.2 Å². The molecule has 5 rings (SSSR count). The molecule has 0 aliphatic carbocycles. The summed E-state index contributed by atoms with van der Waals surface area (Å²) >= 11 is 0. The molecule has 0 fully saturated rings. The van der Waals surface area contributed by atoms with Crippen molar-refractivity contribution in [2.75, 3.05) is 7.11 Å². The molecular weight excluding hydrogens is 406 g/mol. The van der Waals surface area contributed by atoms with Gasteiger partial charge in [0.25, 0.3) is 11.4 Å². The Bertz CT molecular complexity index is 1500. The first kappa shape index (κ1) is 19.7. The smallest absolute Gasteiger partial charge is 0.277 e. The molecule has 5 aromatic rings. The van der Waals surface area contributed by atoms with E-state index in [4.69, 9.17) is 9.26 Å². The highest BCUT2D eigenvalue weighted by atomic mass is 16.5. The van der Waals surface area contributed by atoms with Gasteiger partial charge in [0.2, 0.25) is 0 Å². The van der Waals surface area contributed by atoms with Crippen LogP contribution >= 0.6 is 0 Å². The van der Waals surface area contributed by atoms with E-state index in [9.17, 15) is 4.79 Å². The molecule has 0 aliphatic heterocycles. The largest absolute Gasteiger partial charge is 0.497 e. The Hall–Kier alpha value is -4.20. The van der Waals surface area contributed by atoms with Gasteiger partial charge in [-0.05, 0) is 49.7 Å². The Morgan fingerprint density at radius 1 is 1.06 bits per heavy atom. The Morgan fingerprint density at radius 3 is 2.78 bits per heavy atom. The van der Waals surface area contributed by atoms with Crippen LogP contribution in [-0.2, 0) is 6.54 Å². The highest BCUT2D eigenvalue weighted by Gasteiger charge is 2.14. The van der Waals surface area contributed by atoms with E-state index in [1.54, 1.807) is 28.6 Å². The fourth-order valence-corrected chi connectivity index (χ4v) is 3.64. The van der Waals surface area contributed by atoms with Gasteiger partial charge in [-0.25, -0.2) is 4.52 Å². The molecule has 0 saturated heterocycles. The fourth-order valence-electron chi connectivity index (χ4n) is 3.64. The van der Waals surface area contributed by atoms with Gasteiger partial charge in [0.1, 0.15) is 11.3 Å². The Labute approximate surface area is 183 Å². The predicted octanol–water partition coefficient (Wildman–Crippen LogP) is 3.89. The molecule has 0 atom stereocenters. The Kier molecular flexibility index (Phi) is 4.82. The van der Waals surface area contributed by atoms with Crippen LogP contribution in [0.1, 0.15) is 17.0 Å². The second kappa shape index (κ2) is 7.81. The topological polar surface area (TPSA) is 87.5 Å². The van der Waals surface area contributed by atoms with Crippen LogP contribution in [0.5, 0.6) is 5.75 Å². The highest BCUT2D eigenvalue weighted by Crippen LogP contribution is 2.24. The van der Waals surface area contributed by atoms with Crippen molar-refractivity contribution in [3.8, 4) is 28.5 Å². The molecule has 0 spiro atoms. The van der Waals surface area contributed by atoms with Gasteiger partial charge in [0.05, 0.1) is 19.3 Å². The SMILES string of the molecule is COc1cccc(-c2nc(Cn3ccn4nc(-c5cc(C)ccc5C)cc4c3=O)no2)c1. The van der Waals surface area contributed by atoms with E-state index in [1.807, 2.05) is 44.2 Å². The van der Waals surface area contributed by atoms with Crippen LogP contribution in [0.4, 0.5) is 0 Å². The van der Waals surface area contributed by atoms with Crippen LogP contribution < -0.4 is 10.3 Å². The molecular formula is C24H21N5O3. The monoisotopic (exact) mass is 427 g/mol. The summed E-state index contributed by atoms with van der Waals surface area (Å²) < 4.78 is 13.8. The average molecular weight is 427 g/mol. The number of aromatic nitrogens is 5. The summed E-state index contributed by atoms with van der Waals surface area (Å²) in [5.41, 5.74) is 5.09. The quantitative estimate of drug-likeness (QED) is 0.423. The van der Waals surface area contributed by atoms with Gasteiger partial charge in [-0.3, -0.25) is 4.79 Å². The van der Waals surface area contributed by atoms with Crippen LogP contribution in [0.25, 0.3) is 28.2 Å². The van der Waals surface area contributed by atoms with Gasteiger partial charge < -0.3 is 13.8 Å². The van der Waals surface area contributed by atoms with Crippen molar-refractivity contribution >= 4 is 5.52 Å². The Balaban J connectivity index is 1.47. The van der Waals surface area contributed by atoms with Crippen molar-refractivity contribution in [1.29, 1.82) is 0 Å². The molecule has 0 amide bonds. The number of methoxy groups -OCH3 is 1. The second-order valence-electron chi connectivity index (χ2n) is 7.66. The lowest BCUT2D eigenvalue weighted by Crippen LogP contribution is -2.22. The second-order valence-corrected chi connectivity index (χ2v) is 7.66. The van der Waals surface area contributed by atoms with Gasteiger partial charge in [-0.1, -0.05) is 28.9 Å². The molecule has 2 aromatic carbocycles. The molecule has 8 nitrogen and oxygen atoms in total. The predicted molar refractivity (Wildman–Crippen MR) is 120 cm³/mol. The minimum Gasteiger partial charge on any atom is -0.497 e. The third-order valence-electron chi connectivity index (χ3n) is 5.37. The van der Waals surface area contributed by atoms with Gasteiger partial charge in [-0.15, -0.1) is 0 Å². The Morgan fingerprint density at radius 2 is 1.94 bits per heavy atom. The molecule has 0 bridgehead atoms. The first-order valence-corrected chi connectivity index (χ1v) is 10.2. The zero-order valence-corrected chi connectivity index (χ0v) is 17.9. The summed E-state index contributed by atoms with van der Waals surface area (Å²) in [6.07, 6.45) is 3.44. The first-order chi connectivity index (χ1) is 15.5. The maximum atomic E-state index is 13.1. The van der Waals surface area contributed by atoms with Crippen LogP contribution in [0, 0.1) is 13.8 Å². The van der Waals surface area contributed by atoms with E-state index in [2.05, 4.69) is 33.4 Å². The molecule has 8 heteroatoms. The number of aryl methyl sites for hydroxylation is 2. The van der Waals surface area contributed by atoms with E-state index in [0.717, 1.165) is 27.9 Å². The van der Waals surface area contributed by atoms with Crippen molar-refractivity contribution in [3.05, 3.63) is 88.2 Å². The van der Waals surface area contributed by atoms with Crippen molar-refractivity contribution in [2.24, 2.45) is 0 Å². The van der Waals surface area contributed by atoms with Crippen LogP contribution in [0.2, 0.25) is 0 Å². The normalized spacial score (nSPS) is 11.2. The lowest BCUT2D eigenvalue weighted by atomic mass is 10.0. The van der Waals surface area contributed by atoms with E-state index in [-0.39, 0.29) is 12.1 Å². The third kappa shape index (κ3) is 3.56. The fraction of sp³-hybridized carbons (Fsp3) is 0.167. The molecule has 3 heterocycles. The highest BCUT2D eigenvalue weighted by molar-refractivity contribution is 5.69. The van der Waals surface area contributed by atoms with Crippen molar-refractivity contribution in [2.45, 2.75) is 20.4 Å². The third-order valence-corrected chi connectivity index (χ3v) is 5.37. The van der Waals surface area contributed by atoms with Crippen molar-refractivity contribution < 1.29 is 9.26 Å². The zero-order chi connectivity index (χ0) is 22.2. The van der Waals surface area contributed by atoms with Gasteiger partial charge in [0.15, 0.2) is 5.82 Å². The van der Waals surface area contributed by atoms with Gasteiger partial charge >= 0.3 is 0 Å². The zero-order valence-electron chi connectivity index (χ0n) is 17.9. The van der Waals surface area contributed by atoms with Crippen LogP contribution in [0.3, 0.4) is 0 Å².